The summed E-state index contributed by atoms with van der Waals surface area (Å²) in [6.45, 7) is 0. The quantitative estimate of drug-likeness (QED) is 0.150. The Kier molecular flexibility index (Phi) is 11.3. The maximum atomic E-state index is 5.13. The SMILES string of the molecule is c1ccc(-c2cc(-n3c4cccnc4c4c5ccccc5n(-c5ccccc5)c43)cc(-c3ccccc3)n2)cc1.c1ccc(-n2c3ccccc3c3c4ncccc4n(-c4cc(-c5ccccn5)nc(-c5ccccn5)c4)c32)cc1. The average Bonchev–Trinajstić information content (AvgIpc) is 4.32. The van der Waals surface area contributed by atoms with Gasteiger partial charge in [0.1, 0.15) is 11.3 Å². The molecule has 6 aromatic carbocycles. The van der Waals surface area contributed by atoms with Crippen molar-refractivity contribution in [3.05, 3.63) is 280 Å². The first kappa shape index (κ1) is 46.2. The van der Waals surface area contributed by atoms with E-state index in [0.717, 1.165) is 129 Å². The number of fused-ring (bicyclic) bond motifs is 10. The molecule has 0 saturated carbocycles. The van der Waals surface area contributed by atoms with Gasteiger partial charge in [0.2, 0.25) is 0 Å². The molecule has 376 valence electrons. The highest BCUT2D eigenvalue weighted by Crippen LogP contribution is 2.43. The van der Waals surface area contributed by atoms with Gasteiger partial charge in [-0.1, -0.05) is 146 Å². The molecule has 0 atom stereocenters. The Bertz CT molecular complexity index is 4490. The van der Waals surface area contributed by atoms with Crippen molar-refractivity contribution in [1.29, 1.82) is 0 Å². The minimum absolute atomic E-state index is 0.778. The van der Waals surface area contributed by atoms with Crippen molar-refractivity contribution in [1.82, 2.24) is 48.2 Å². The molecule has 0 aliphatic carbocycles. The molecule has 0 radical (unpaired) electrons. The third kappa shape index (κ3) is 7.81. The second kappa shape index (κ2) is 19.5. The van der Waals surface area contributed by atoms with Gasteiger partial charge in [0.05, 0.1) is 89.4 Å². The van der Waals surface area contributed by atoms with E-state index in [2.05, 4.69) is 216 Å². The van der Waals surface area contributed by atoms with Crippen molar-refractivity contribution >= 4 is 65.9 Å². The third-order valence-electron chi connectivity index (χ3n) is 14.8. The summed E-state index contributed by atoms with van der Waals surface area (Å²) in [5, 5.41) is 4.61. The summed E-state index contributed by atoms with van der Waals surface area (Å²) in [4.78, 5) is 29.2. The van der Waals surface area contributed by atoms with Crippen molar-refractivity contribution in [2.45, 2.75) is 0 Å². The van der Waals surface area contributed by atoms with Crippen molar-refractivity contribution in [3.63, 3.8) is 0 Å². The van der Waals surface area contributed by atoms with E-state index in [1.165, 1.54) is 5.39 Å². The Balaban J connectivity index is 0.000000138. The standard InChI is InChI=1S/C36H24N4.C34H22N6/c1-4-13-25(14-5-1)30-23-28(24-31(38-30)26-15-6-2-7-16-26)40-33-21-12-22-37-35(33)34-29-19-10-11-20-32(29)39(36(34)40)27-17-8-3-9-18-27;1-2-11-23(12-3-1)39-30-16-5-4-13-25(30)32-33-31(17-10-20-37-33)40(34(32)39)24-21-28(26-14-6-8-18-35-26)38-29(22-24)27-15-7-9-19-36-27/h1-24H;1-22H. The summed E-state index contributed by atoms with van der Waals surface area (Å²) < 4.78 is 9.33. The van der Waals surface area contributed by atoms with Gasteiger partial charge in [-0.2, -0.15) is 0 Å². The fourth-order valence-corrected chi connectivity index (χ4v) is 11.4. The van der Waals surface area contributed by atoms with Crippen LogP contribution in [0, 0.1) is 0 Å². The van der Waals surface area contributed by atoms with Crippen LogP contribution in [0.2, 0.25) is 0 Å². The van der Waals surface area contributed by atoms with Gasteiger partial charge in [0.25, 0.3) is 0 Å². The van der Waals surface area contributed by atoms with Crippen LogP contribution >= 0.6 is 0 Å². The molecular weight excluding hydrogens is 981 g/mol. The molecule has 0 fully saturated rings. The lowest BCUT2D eigenvalue weighted by atomic mass is 10.1. The number of para-hydroxylation sites is 4. The van der Waals surface area contributed by atoms with Crippen LogP contribution in [0.3, 0.4) is 0 Å². The van der Waals surface area contributed by atoms with Gasteiger partial charge in [-0.05, 0) is 109 Å². The molecule has 10 aromatic heterocycles. The summed E-state index contributed by atoms with van der Waals surface area (Å²) in [5.41, 5.74) is 19.8. The van der Waals surface area contributed by atoms with Crippen LogP contribution in [0.15, 0.2) is 280 Å². The molecule has 80 heavy (non-hydrogen) atoms. The molecule has 0 saturated heterocycles. The Morgan fingerprint density at radius 3 is 1.00 bits per heavy atom. The Hall–Kier alpha value is -11.1. The van der Waals surface area contributed by atoms with Gasteiger partial charge >= 0.3 is 0 Å². The highest BCUT2D eigenvalue weighted by Gasteiger charge is 2.26. The molecule has 0 spiro atoms. The van der Waals surface area contributed by atoms with Crippen LogP contribution in [-0.4, -0.2) is 48.2 Å². The van der Waals surface area contributed by atoms with E-state index in [-0.39, 0.29) is 0 Å². The van der Waals surface area contributed by atoms with Gasteiger partial charge in [-0.3, -0.25) is 38.2 Å². The van der Waals surface area contributed by atoms with Gasteiger partial charge in [0, 0.05) is 58.1 Å². The summed E-state index contributed by atoms with van der Waals surface area (Å²) in [7, 11) is 0. The zero-order valence-corrected chi connectivity index (χ0v) is 43.0. The predicted octanol–water partition coefficient (Wildman–Crippen LogP) is 16.5. The normalized spacial score (nSPS) is 11.5. The number of aromatic nitrogens is 10. The second-order valence-electron chi connectivity index (χ2n) is 19.5. The smallest absolute Gasteiger partial charge is 0.133 e. The number of rotatable bonds is 8. The lowest BCUT2D eigenvalue weighted by molar-refractivity contribution is 1.06. The lowest BCUT2D eigenvalue weighted by Crippen LogP contribution is -2.03. The molecule has 10 nitrogen and oxygen atoms in total. The van der Waals surface area contributed by atoms with E-state index in [9.17, 15) is 0 Å². The minimum Gasteiger partial charge on any atom is -0.295 e. The van der Waals surface area contributed by atoms with Crippen molar-refractivity contribution < 1.29 is 0 Å². The van der Waals surface area contributed by atoms with Crippen molar-refractivity contribution in [2.75, 3.05) is 0 Å². The van der Waals surface area contributed by atoms with E-state index in [1.54, 1.807) is 12.4 Å². The average molecular weight is 1030 g/mol. The van der Waals surface area contributed by atoms with E-state index in [1.807, 2.05) is 79.1 Å². The summed E-state index contributed by atoms with van der Waals surface area (Å²) >= 11 is 0. The highest BCUT2D eigenvalue weighted by molar-refractivity contribution is 6.22. The molecule has 0 aliphatic rings. The summed E-state index contributed by atoms with van der Waals surface area (Å²) in [6.07, 6.45) is 7.35. The van der Waals surface area contributed by atoms with E-state index < -0.39 is 0 Å². The number of hydrogen-bond acceptors (Lipinski definition) is 6. The predicted molar refractivity (Wildman–Crippen MR) is 324 cm³/mol. The zero-order chi connectivity index (χ0) is 52.9. The molecule has 16 rings (SSSR count). The topological polar surface area (TPSA) is 97.1 Å². The molecule has 0 aliphatic heterocycles. The summed E-state index contributed by atoms with van der Waals surface area (Å²) in [6, 6.07) is 87.7. The number of hydrogen-bond donors (Lipinski definition) is 0. The van der Waals surface area contributed by atoms with Crippen molar-refractivity contribution in [2.24, 2.45) is 0 Å². The lowest BCUT2D eigenvalue weighted by Gasteiger charge is -2.15. The van der Waals surface area contributed by atoms with Gasteiger partial charge < -0.3 is 0 Å². The van der Waals surface area contributed by atoms with Gasteiger partial charge in [-0.25, -0.2) is 9.97 Å². The second-order valence-corrected chi connectivity index (χ2v) is 19.5. The molecule has 16 aromatic rings. The highest BCUT2D eigenvalue weighted by atomic mass is 15.2. The van der Waals surface area contributed by atoms with Gasteiger partial charge in [0.15, 0.2) is 0 Å². The molecule has 0 unspecified atom stereocenters. The summed E-state index contributed by atoms with van der Waals surface area (Å²) in [5.74, 6) is 0. The molecule has 10 heteroatoms. The number of nitrogens with zero attached hydrogens (tertiary/aromatic N) is 10. The van der Waals surface area contributed by atoms with Crippen LogP contribution in [0.1, 0.15) is 0 Å². The van der Waals surface area contributed by atoms with Crippen LogP contribution in [0.25, 0.3) is 134 Å². The Morgan fingerprint density at radius 1 is 0.237 bits per heavy atom. The molecule has 10 heterocycles. The first-order valence-electron chi connectivity index (χ1n) is 26.6. The number of benzene rings is 6. The first-order valence-corrected chi connectivity index (χ1v) is 26.6. The molecule has 0 bridgehead atoms. The maximum absolute atomic E-state index is 5.13. The van der Waals surface area contributed by atoms with Crippen LogP contribution in [0.4, 0.5) is 0 Å². The Labute approximate surface area is 459 Å². The number of pyridine rings is 6. The first-order chi connectivity index (χ1) is 39.7. The van der Waals surface area contributed by atoms with Crippen LogP contribution in [0.5, 0.6) is 0 Å². The van der Waals surface area contributed by atoms with E-state index in [4.69, 9.17) is 19.9 Å². The van der Waals surface area contributed by atoms with Crippen molar-refractivity contribution in [3.8, 4) is 68.0 Å². The zero-order valence-electron chi connectivity index (χ0n) is 43.0. The molecular formula is C70H46N10. The van der Waals surface area contributed by atoms with Crippen LogP contribution in [-0.2, 0) is 0 Å². The van der Waals surface area contributed by atoms with Gasteiger partial charge in [-0.15, -0.1) is 0 Å². The monoisotopic (exact) mass is 1030 g/mol. The van der Waals surface area contributed by atoms with E-state index >= 15 is 0 Å². The third-order valence-corrected chi connectivity index (χ3v) is 14.8. The van der Waals surface area contributed by atoms with Crippen LogP contribution < -0.4 is 0 Å². The maximum Gasteiger partial charge on any atom is 0.133 e. The molecule has 0 N–H and O–H groups in total. The largest absolute Gasteiger partial charge is 0.295 e. The minimum atomic E-state index is 0.778. The molecule has 0 amide bonds. The Morgan fingerprint density at radius 2 is 0.575 bits per heavy atom. The van der Waals surface area contributed by atoms with E-state index in [0.29, 0.717) is 0 Å². The fourth-order valence-electron chi connectivity index (χ4n) is 11.4. The fraction of sp³-hybridized carbons (Fsp3) is 0.